The summed E-state index contributed by atoms with van der Waals surface area (Å²) in [5.41, 5.74) is -0.435. The van der Waals surface area contributed by atoms with Gasteiger partial charge in [0, 0.05) is 23.3 Å². The molecule has 154 valence electrons. The second-order valence-electron chi connectivity index (χ2n) is 6.48. The smallest absolute Gasteiger partial charge is 0.344 e. The van der Waals surface area contributed by atoms with Gasteiger partial charge in [-0.3, -0.25) is 0 Å². The van der Waals surface area contributed by atoms with E-state index in [1.165, 1.54) is 33.5 Å². The van der Waals surface area contributed by atoms with E-state index >= 15 is 0 Å². The van der Waals surface area contributed by atoms with Crippen molar-refractivity contribution < 1.29 is 33.3 Å². The van der Waals surface area contributed by atoms with Gasteiger partial charge in [0.1, 0.15) is 22.8 Å². The van der Waals surface area contributed by atoms with Gasteiger partial charge in [-0.1, -0.05) is 12.1 Å². The first-order valence-corrected chi connectivity index (χ1v) is 8.93. The molecule has 0 fully saturated rings. The molecule has 4 rings (SSSR count). The van der Waals surface area contributed by atoms with Gasteiger partial charge in [0.2, 0.25) is 0 Å². The number of carboxylic acids is 1. The van der Waals surface area contributed by atoms with Crippen molar-refractivity contribution in [1.29, 1.82) is 0 Å². The van der Waals surface area contributed by atoms with Crippen LogP contribution < -0.4 is 19.8 Å². The van der Waals surface area contributed by atoms with E-state index in [0.717, 1.165) is 0 Å². The summed E-state index contributed by atoms with van der Waals surface area (Å²) in [5.74, 6) is 0.0643. The SMILES string of the molecule is COCOc1cccc2c1c(OC)cc1c2oc(=O)c2cc(C(=O)O)cc(OC)c21. The minimum absolute atomic E-state index is 0.0355. The summed E-state index contributed by atoms with van der Waals surface area (Å²) >= 11 is 0. The van der Waals surface area contributed by atoms with Crippen molar-refractivity contribution in [2.24, 2.45) is 0 Å². The predicted octanol–water partition coefficient (Wildman–Crippen LogP) is 3.80. The topological polar surface area (TPSA) is 104 Å². The van der Waals surface area contributed by atoms with Gasteiger partial charge in [-0.2, -0.15) is 0 Å². The van der Waals surface area contributed by atoms with Gasteiger partial charge in [-0.15, -0.1) is 0 Å². The number of ether oxygens (including phenoxy) is 4. The molecule has 0 aliphatic carbocycles. The van der Waals surface area contributed by atoms with E-state index in [9.17, 15) is 14.7 Å². The van der Waals surface area contributed by atoms with Crippen molar-refractivity contribution in [1.82, 2.24) is 0 Å². The summed E-state index contributed by atoms with van der Waals surface area (Å²) in [7, 11) is 4.45. The second kappa shape index (κ2) is 7.57. The fourth-order valence-corrected chi connectivity index (χ4v) is 3.57. The lowest BCUT2D eigenvalue weighted by Crippen LogP contribution is -2.06. The average Bonchev–Trinajstić information content (AvgIpc) is 2.76. The van der Waals surface area contributed by atoms with Crippen LogP contribution in [0.25, 0.3) is 32.5 Å². The Hall–Kier alpha value is -3.78. The van der Waals surface area contributed by atoms with Crippen LogP contribution in [-0.4, -0.2) is 39.2 Å². The van der Waals surface area contributed by atoms with E-state index in [1.54, 1.807) is 24.3 Å². The van der Waals surface area contributed by atoms with Crippen LogP contribution in [0.1, 0.15) is 10.4 Å². The van der Waals surface area contributed by atoms with E-state index in [2.05, 4.69) is 0 Å². The highest BCUT2D eigenvalue weighted by atomic mass is 16.7. The monoisotopic (exact) mass is 410 g/mol. The lowest BCUT2D eigenvalue weighted by molar-refractivity contribution is 0.0521. The average molecular weight is 410 g/mol. The van der Waals surface area contributed by atoms with Gasteiger partial charge < -0.3 is 28.5 Å². The third-order valence-corrected chi connectivity index (χ3v) is 4.84. The number of hydrogen-bond donors (Lipinski definition) is 1. The summed E-state index contributed by atoms with van der Waals surface area (Å²) in [6.07, 6.45) is 0. The highest BCUT2D eigenvalue weighted by Crippen LogP contribution is 2.42. The molecule has 0 amide bonds. The quantitative estimate of drug-likeness (QED) is 0.291. The van der Waals surface area contributed by atoms with Gasteiger partial charge in [-0.05, 0) is 24.3 Å². The maximum Gasteiger partial charge on any atom is 0.344 e. The molecule has 0 aliphatic rings. The van der Waals surface area contributed by atoms with Gasteiger partial charge in [0.15, 0.2) is 6.79 Å². The molecule has 0 aliphatic heterocycles. The largest absolute Gasteiger partial charge is 0.496 e. The molecule has 0 saturated carbocycles. The predicted molar refractivity (Wildman–Crippen MR) is 110 cm³/mol. The van der Waals surface area contributed by atoms with Crippen LogP contribution >= 0.6 is 0 Å². The minimum atomic E-state index is -1.18. The van der Waals surface area contributed by atoms with Crippen LogP contribution in [0, 0.1) is 0 Å². The zero-order valence-electron chi connectivity index (χ0n) is 16.5. The molecule has 0 spiro atoms. The van der Waals surface area contributed by atoms with Crippen molar-refractivity contribution in [3.8, 4) is 17.2 Å². The maximum absolute atomic E-state index is 12.8. The van der Waals surface area contributed by atoms with Crippen LogP contribution in [0.4, 0.5) is 0 Å². The first-order valence-electron chi connectivity index (χ1n) is 8.93. The Bertz CT molecular complexity index is 1350. The van der Waals surface area contributed by atoms with Gasteiger partial charge in [0.05, 0.1) is 30.6 Å². The number of rotatable bonds is 6. The molecular formula is C22H18O8. The second-order valence-corrected chi connectivity index (χ2v) is 6.48. The Balaban J connectivity index is 2.20. The van der Waals surface area contributed by atoms with Crippen molar-refractivity contribution >= 4 is 38.5 Å². The number of carboxylic acid groups (broad SMARTS) is 1. The molecule has 4 aromatic rings. The summed E-state index contributed by atoms with van der Waals surface area (Å²) in [6.45, 7) is 0.0355. The van der Waals surface area contributed by atoms with Gasteiger partial charge in [0.25, 0.3) is 0 Å². The van der Waals surface area contributed by atoms with E-state index in [0.29, 0.717) is 38.6 Å². The van der Waals surface area contributed by atoms with E-state index < -0.39 is 11.6 Å². The standard InChI is InChI=1S/C22H18O8/c1-26-10-29-15-6-4-5-12-19(15)17(28-3)9-13-18-14(22(25)30-20(12)13)7-11(21(23)24)8-16(18)27-2/h4-9H,10H2,1-3H3,(H,23,24). The van der Waals surface area contributed by atoms with Crippen LogP contribution in [-0.2, 0) is 4.74 Å². The van der Waals surface area contributed by atoms with Crippen molar-refractivity contribution in [3.05, 3.63) is 52.4 Å². The van der Waals surface area contributed by atoms with Crippen molar-refractivity contribution in [2.45, 2.75) is 0 Å². The van der Waals surface area contributed by atoms with E-state index in [1.807, 2.05) is 0 Å². The fourth-order valence-electron chi connectivity index (χ4n) is 3.57. The van der Waals surface area contributed by atoms with Crippen molar-refractivity contribution in [2.75, 3.05) is 28.1 Å². The Morgan fingerprint density at radius 2 is 1.67 bits per heavy atom. The summed E-state index contributed by atoms with van der Waals surface area (Å²) < 4.78 is 27.3. The summed E-state index contributed by atoms with van der Waals surface area (Å²) in [4.78, 5) is 24.2. The van der Waals surface area contributed by atoms with Crippen molar-refractivity contribution in [3.63, 3.8) is 0 Å². The number of benzene rings is 3. The zero-order valence-corrected chi connectivity index (χ0v) is 16.5. The van der Waals surface area contributed by atoms with Crippen LogP contribution in [0.3, 0.4) is 0 Å². The molecule has 0 saturated heterocycles. The van der Waals surface area contributed by atoms with Crippen LogP contribution in [0.5, 0.6) is 17.2 Å². The Kier molecular flexibility index (Phi) is 4.93. The van der Waals surface area contributed by atoms with E-state index in [-0.39, 0.29) is 23.5 Å². The molecule has 1 N–H and O–H groups in total. The zero-order chi connectivity index (χ0) is 21.4. The van der Waals surface area contributed by atoms with Gasteiger partial charge in [-0.25, -0.2) is 9.59 Å². The fraction of sp³-hybridized carbons (Fsp3) is 0.182. The Morgan fingerprint density at radius 3 is 2.33 bits per heavy atom. The number of carbonyl (C=O) groups is 1. The number of methoxy groups -OCH3 is 3. The van der Waals surface area contributed by atoms with Crippen LogP contribution in [0.2, 0.25) is 0 Å². The molecule has 0 unspecified atom stereocenters. The third-order valence-electron chi connectivity index (χ3n) is 4.84. The third kappa shape index (κ3) is 2.98. The molecule has 8 nitrogen and oxygen atoms in total. The molecule has 3 aromatic carbocycles. The normalized spacial score (nSPS) is 11.2. The Labute approximate surface area is 170 Å². The molecule has 0 bridgehead atoms. The minimum Gasteiger partial charge on any atom is -0.496 e. The highest BCUT2D eigenvalue weighted by Gasteiger charge is 2.21. The maximum atomic E-state index is 12.8. The first kappa shape index (κ1) is 19.5. The van der Waals surface area contributed by atoms with E-state index in [4.69, 9.17) is 23.4 Å². The number of aromatic carboxylic acids is 1. The first-order chi connectivity index (χ1) is 14.5. The number of hydrogen-bond acceptors (Lipinski definition) is 7. The molecule has 0 radical (unpaired) electrons. The van der Waals surface area contributed by atoms with Gasteiger partial charge >= 0.3 is 11.6 Å². The lowest BCUT2D eigenvalue weighted by atomic mass is 9.99. The molecule has 30 heavy (non-hydrogen) atoms. The Morgan fingerprint density at radius 1 is 0.933 bits per heavy atom. The molecule has 0 atom stereocenters. The summed E-state index contributed by atoms with van der Waals surface area (Å²) in [6, 6.07) is 9.67. The lowest BCUT2D eigenvalue weighted by Gasteiger charge is -2.15. The summed E-state index contributed by atoms with van der Waals surface area (Å²) in [5, 5.41) is 11.7. The number of fused-ring (bicyclic) bond motifs is 5. The molecular weight excluding hydrogens is 392 g/mol. The highest BCUT2D eigenvalue weighted by molar-refractivity contribution is 6.19. The molecule has 1 aromatic heterocycles. The molecule has 8 heteroatoms. The molecule has 1 heterocycles. The van der Waals surface area contributed by atoms with Crippen LogP contribution in [0.15, 0.2) is 45.6 Å².